The van der Waals surface area contributed by atoms with E-state index in [0.29, 0.717) is 19.4 Å². The summed E-state index contributed by atoms with van der Waals surface area (Å²) in [5.41, 5.74) is 0. The number of hydrogen-bond donors (Lipinski definition) is 3. The van der Waals surface area contributed by atoms with Crippen LogP contribution in [0.1, 0.15) is 18.7 Å². The van der Waals surface area contributed by atoms with Crippen LogP contribution in [0.15, 0.2) is 6.07 Å². The maximum atomic E-state index is 12.6. The Balaban J connectivity index is 2.06. The second kappa shape index (κ2) is 5.20. The minimum absolute atomic E-state index is 0.110. The Bertz CT molecular complexity index is 446. The number of halogens is 3. The van der Waals surface area contributed by atoms with Gasteiger partial charge >= 0.3 is 6.18 Å². The Kier molecular flexibility index (Phi) is 3.79. The summed E-state index contributed by atoms with van der Waals surface area (Å²) in [7, 11) is 1.49. The lowest BCUT2D eigenvalue weighted by molar-refractivity contribution is -0.144. The summed E-state index contributed by atoms with van der Waals surface area (Å²) in [5, 5.41) is 14.6. The molecule has 0 unspecified atom stereocenters. The first kappa shape index (κ1) is 13.9. The molecule has 2 rings (SSSR count). The Morgan fingerprint density at radius 3 is 2.47 bits per heavy atom. The van der Waals surface area contributed by atoms with Crippen LogP contribution in [0.2, 0.25) is 0 Å². The van der Waals surface area contributed by atoms with E-state index in [-0.39, 0.29) is 23.7 Å². The first-order chi connectivity index (χ1) is 8.88. The van der Waals surface area contributed by atoms with Crippen LogP contribution in [0.4, 0.5) is 24.8 Å². The van der Waals surface area contributed by atoms with E-state index in [4.69, 9.17) is 5.11 Å². The Morgan fingerprint density at radius 2 is 1.95 bits per heavy atom. The number of aliphatic hydroxyl groups is 1. The van der Waals surface area contributed by atoms with Gasteiger partial charge < -0.3 is 15.7 Å². The first-order valence-corrected chi connectivity index (χ1v) is 5.94. The van der Waals surface area contributed by atoms with E-state index in [9.17, 15) is 13.2 Å². The van der Waals surface area contributed by atoms with Gasteiger partial charge in [0.1, 0.15) is 11.6 Å². The number of alkyl halides is 3. The molecule has 8 heteroatoms. The zero-order valence-electron chi connectivity index (χ0n) is 10.3. The second-order valence-electron chi connectivity index (χ2n) is 4.58. The number of anilines is 2. The van der Waals surface area contributed by atoms with Crippen molar-refractivity contribution in [3.8, 4) is 0 Å². The molecule has 1 heterocycles. The first-order valence-electron chi connectivity index (χ1n) is 5.94. The van der Waals surface area contributed by atoms with Crippen LogP contribution >= 0.6 is 0 Å². The summed E-state index contributed by atoms with van der Waals surface area (Å²) < 4.78 is 37.8. The van der Waals surface area contributed by atoms with E-state index in [1.165, 1.54) is 13.1 Å². The van der Waals surface area contributed by atoms with E-state index in [1.54, 1.807) is 0 Å². The molecule has 0 aromatic carbocycles. The fourth-order valence-corrected chi connectivity index (χ4v) is 1.91. The lowest BCUT2D eigenvalue weighted by atomic mass is 9.82. The zero-order valence-corrected chi connectivity index (χ0v) is 10.3. The molecule has 1 aromatic rings. The molecular formula is C11H15F3N4O. The van der Waals surface area contributed by atoms with Gasteiger partial charge in [-0.25, -0.2) is 9.97 Å². The largest absolute Gasteiger partial charge is 0.451 e. The van der Waals surface area contributed by atoms with Crippen molar-refractivity contribution in [2.75, 3.05) is 24.2 Å². The fourth-order valence-electron chi connectivity index (χ4n) is 1.91. The molecule has 1 aliphatic rings. The van der Waals surface area contributed by atoms with Crippen molar-refractivity contribution < 1.29 is 18.3 Å². The van der Waals surface area contributed by atoms with Crippen LogP contribution in [0.25, 0.3) is 0 Å². The van der Waals surface area contributed by atoms with Gasteiger partial charge in [-0.1, -0.05) is 0 Å². The fraction of sp³-hybridized carbons (Fsp3) is 0.636. The summed E-state index contributed by atoms with van der Waals surface area (Å²) in [4.78, 5) is 6.82. The lowest BCUT2D eigenvalue weighted by Crippen LogP contribution is -2.33. The predicted molar refractivity (Wildman–Crippen MR) is 63.8 cm³/mol. The SMILES string of the molecule is CNc1cc(NCC2CC(O)C2)nc(C(F)(F)F)n1. The Labute approximate surface area is 108 Å². The van der Waals surface area contributed by atoms with Gasteiger partial charge in [0.25, 0.3) is 0 Å². The number of aromatic nitrogens is 2. The maximum absolute atomic E-state index is 12.6. The van der Waals surface area contributed by atoms with E-state index in [0.717, 1.165) is 0 Å². The van der Waals surface area contributed by atoms with E-state index >= 15 is 0 Å². The van der Waals surface area contributed by atoms with Crippen molar-refractivity contribution in [3.63, 3.8) is 0 Å². The molecule has 0 bridgehead atoms. The maximum Gasteiger partial charge on any atom is 0.451 e. The molecule has 0 spiro atoms. The third-order valence-electron chi connectivity index (χ3n) is 3.02. The van der Waals surface area contributed by atoms with Gasteiger partial charge in [-0.2, -0.15) is 13.2 Å². The van der Waals surface area contributed by atoms with E-state index in [2.05, 4.69) is 20.6 Å². The molecule has 19 heavy (non-hydrogen) atoms. The molecule has 106 valence electrons. The zero-order chi connectivity index (χ0) is 14.0. The molecule has 1 aliphatic carbocycles. The topological polar surface area (TPSA) is 70.1 Å². The summed E-state index contributed by atoms with van der Waals surface area (Å²) in [6.07, 6.45) is -3.52. The number of nitrogens with zero attached hydrogens (tertiary/aromatic N) is 2. The molecule has 1 aromatic heterocycles. The van der Waals surface area contributed by atoms with Crippen LogP contribution in [0.5, 0.6) is 0 Å². The monoisotopic (exact) mass is 276 g/mol. The molecule has 3 N–H and O–H groups in total. The summed E-state index contributed by atoms with van der Waals surface area (Å²) in [5.74, 6) is -0.653. The van der Waals surface area contributed by atoms with Crippen molar-refractivity contribution in [1.29, 1.82) is 0 Å². The minimum atomic E-state index is -4.57. The second-order valence-corrected chi connectivity index (χ2v) is 4.58. The van der Waals surface area contributed by atoms with Crippen molar-refractivity contribution in [2.45, 2.75) is 25.1 Å². The van der Waals surface area contributed by atoms with Crippen molar-refractivity contribution in [3.05, 3.63) is 11.9 Å². The van der Waals surface area contributed by atoms with Crippen LogP contribution in [0.3, 0.4) is 0 Å². The van der Waals surface area contributed by atoms with Crippen LogP contribution in [-0.4, -0.2) is 34.8 Å². The quantitative estimate of drug-likeness (QED) is 0.781. The van der Waals surface area contributed by atoms with Crippen molar-refractivity contribution in [1.82, 2.24) is 9.97 Å². The molecule has 1 saturated carbocycles. The van der Waals surface area contributed by atoms with Crippen LogP contribution < -0.4 is 10.6 Å². The number of nitrogens with one attached hydrogen (secondary N) is 2. The highest BCUT2D eigenvalue weighted by Gasteiger charge is 2.35. The standard InChI is InChI=1S/C11H15F3N4O/c1-15-8-4-9(16-5-6-2-7(19)3-6)18-10(17-8)11(12,13)14/h4,6-7,19H,2-3,5H2,1H3,(H2,15,16,17,18). The van der Waals surface area contributed by atoms with Crippen molar-refractivity contribution >= 4 is 11.6 Å². The molecule has 1 fully saturated rings. The molecule has 0 atom stereocenters. The summed E-state index contributed by atoms with van der Waals surface area (Å²) in [6, 6.07) is 1.42. The molecule has 0 amide bonds. The van der Waals surface area contributed by atoms with Crippen molar-refractivity contribution in [2.24, 2.45) is 5.92 Å². The smallest absolute Gasteiger partial charge is 0.393 e. The molecule has 0 radical (unpaired) electrons. The van der Waals surface area contributed by atoms with Gasteiger partial charge in [0.15, 0.2) is 0 Å². The lowest BCUT2D eigenvalue weighted by Gasteiger charge is -2.31. The Morgan fingerprint density at radius 1 is 1.32 bits per heavy atom. The van der Waals surface area contributed by atoms with Gasteiger partial charge in [-0.05, 0) is 18.8 Å². The average Bonchev–Trinajstić information content (AvgIpc) is 2.31. The summed E-state index contributed by atoms with van der Waals surface area (Å²) >= 11 is 0. The molecule has 5 nitrogen and oxygen atoms in total. The highest BCUT2D eigenvalue weighted by Crippen LogP contribution is 2.29. The third-order valence-corrected chi connectivity index (χ3v) is 3.02. The van der Waals surface area contributed by atoms with Crippen LogP contribution in [-0.2, 0) is 6.18 Å². The van der Waals surface area contributed by atoms with E-state index < -0.39 is 12.0 Å². The molecular weight excluding hydrogens is 261 g/mol. The highest BCUT2D eigenvalue weighted by atomic mass is 19.4. The van der Waals surface area contributed by atoms with Gasteiger partial charge in [0.05, 0.1) is 6.10 Å². The normalized spacial score (nSPS) is 22.8. The van der Waals surface area contributed by atoms with Crippen LogP contribution in [0, 0.1) is 5.92 Å². The van der Waals surface area contributed by atoms with Gasteiger partial charge in [0.2, 0.25) is 5.82 Å². The summed E-state index contributed by atoms with van der Waals surface area (Å²) in [6.45, 7) is 0.495. The molecule has 0 saturated heterocycles. The Hall–Kier alpha value is -1.57. The third kappa shape index (κ3) is 3.46. The van der Waals surface area contributed by atoms with Gasteiger partial charge in [0, 0.05) is 19.7 Å². The van der Waals surface area contributed by atoms with Gasteiger partial charge in [-0.15, -0.1) is 0 Å². The average molecular weight is 276 g/mol. The predicted octanol–water partition coefficient (Wildman–Crippen LogP) is 1.72. The number of hydrogen-bond acceptors (Lipinski definition) is 5. The highest BCUT2D eigenvalue weighted by molar-refractivity contribution is 5.47. The number of rotatable bonds is 4. The number of aliphatic hydroxyl groups excluding tert-OH is 1. The van der Waals surface area contributed by atoms with E-state index in [1.807, 2.05) is 0 Å². The minimum Gasteiger partial charge on any atom is -0.393 e. The molecule has 0 aliphatic heterocycles. The van der Waals surface area contributed by atoms with Gasteiger partial charge in [-0.3, -0.25) is 0 Å².